The van der Waals surface area contributed by atoms with Crippen LogP contribution in [-0.4, -0.2) is 33.3 Å². The fourth-order valence-corrected chi connectivity index (χ4v) is 2.65. The summed E-state index contributed by atoms with van der Waals surface area (Å²) in [4.78, 5) is 21.4. The number of carbonyl (C=O) groups is 1. The van der Waals surface area contributed by atoms with E-state index in [-0.39, 0.29) is 5.91 Å². The predicted octanol–water partition coefficient (Wildman–Crippen LogP) is 1.73. The molecule has 1 aliphatic heterocycles. The van der Waals surface area contributed by atoms with Gasteiger partial charge in [0.25, 0.3) is 0 Å². The summed E-state index contributed by atoms with van der Waals surface area (Å²) in [5.74, 6) is 0.630. The highest BCUT2D eigenvalue weighted by molar-refractivity contribution is 8.15. The molecule has 1 saturated heterocycles. The van der Waals surface area contributed by atoms with E-state index in [1.807, 2.05) is 12.3 Å². The summed E-state index contributed by atoms with van der Waals surface area (Å²) in [6.07, 6.45) is 1.71. The van der Waals surface area contributed by atoms with E-state index in [9.17, 15) is 4.79 Å². The third-order valence-corrected chi connectivity index (χ3v) is 3.41. The number of nitrogens with zero attached hydrogens (tertiary/aromatic N) is 3. The van der Waals surface area contributed by atoms with Gasteiger partial charge in [-0.3, -0.25) is 9.69 Å². The summed E-state index contributed by atoms with van der Waals surface area (Å²) in [6, 6.07) is 0. The van der Waals surface area contributed by atoms with E-state index in [4.69, 9.17) is 0 Å². The number of amidine groups is 1. The zero-order valence-electron chi connectivity index (χ0n) is 7.64. The third kappa shape index (κ3) is 1.80. The molecule has 1 amide bonds. The zero-order chi connectivity index (χ0) is 9.97. The molecule has 0 aromatic carbocycles. The molecule has 0 N–H and O–H groups in total. The van der Waals surface area contributed by atoms with Crippen molar-refractivity contribution in [3.05, 3.63) is 11.6 Å². The fraction of sp³-hybridized carbons (Fsp3) is 0.375. The van der Waals surface area contributed by atoms with E-state index >= 15 is 0 Å². The van der Waals surface area contributed by atoms with Crippen LogP contribution in [0, 0.1) is 0 Å². The van der Waals surface area contributed by atoms with Crippen LogP contribution in [0.25, 0.3) is 0 Å². The van der Waals surface area contributed by atoms with Crippen LogP contribution in [0.5, 0.6) is 0 Å². The third-order valence-electron chi connectivity index (χ3n) is 1.78. The summed E-state index contributed by atoms with van der Waals surface area (Å²) in [5.41, 5.74) is 0. The molecular weight excluding hydrogens is 218 g/mol. The van der Waals surface area contributed by atoms with Crippen LogP contribution in [0.4, 0.5) is 5.13 Å². The van der Waals surface area contributed by atoms with Crippen LogP contribution in [0.3, 0.4) is 0 Å². The Morgan fingerprint density at radius 2 is 2.57 bits per heavy atom. The summed E-state index contributed by atoms with van der Waals surface area (Å²) in [7, 11) is 0. The minimum atomic E-state index is 0.132. The van der Waals surface area contributed by atoms with Crippen molar-refractivity contribution in [1.29, 1.82) is 0 Å². The zero-order valence-corrected chi connectivity index (χ0v) is 9.27. The minimum absolute atomic E-state index is 0.132. The molecular formula is C8H9N3OS2. The van der Waals surface area contributed by atoms with E-state index in [2.05, 4.69) is 9.98 Å². The first-order valence-electron chi connectivity index (χ1n) is 4.22. The standard InChI is InChI=1S/C8H9N3OS2/c1-2-11-6(12)5-14-8(11)10-7-9-3-4-13-7/h3-4H,2,5H2,1H3/b10-8+. The van der Waals surface area contributed by atoms with Crippen molar-refractivity contribution < 1.29 is 4.79 Å². The Kier molecular flexibility index (Phi) is 2.83. The lowest BCUT2D eigenvalue weighted by atomic mass is 10.5. The Balaban J connectivity index is 2.22. The smallest absolute Gasteiger partial charge is 0.239 e. The first-order chi connectivity index (χ1) is 6.81. The van der Waals surface area contributed by atoms with Crippen molar-refractivity contribution in [2.24, 2.45) is 4.99 Å². The van der Waals surface area contributed by atoms with Crippen molar-refractivity contribution in [3.8, 4) is 0 Å². The van der Waals surface area contributed by atoms with E-state index in [1.165, 1.54) is 23.1 Å². The van der Waals surface area contributed by atoms with Gasteiger partial charge in [-0.25, -0.2) is 4.98 Å². The highest BCUT2D eigenvalue weighted by atomic mass is 32.2. The van der Waals surface area contributed by atoms with Gasteiger partial charge in [-0.1, -0.05) is 11.8 Å². The molecule has 74 valence electrons. The number of thioether (sulfide) groups is 1. The lowest BCUT2D eigenvalue weighted by Gasteiger charge is -2.11. The first kappa shape index (κ1) is 9.67. The van der Waals surface area contributed by atoms with Gasteiger partial charge in [0.2, 0.25) is 11.0 Å². The molecule has 0 spiro atoms. The van der Waals surface area contributed by atoms with E-state index in [0.29, 0.717) is 17.4 Å². The number of aromatic nitrogens is 1. The molecule has 6 heteroatoms. The number of hydrogen-bond donors (Lipinski definition) is 0. The molecule has 0 unspecified atom stereocenters. The molecule has 4 nitrogen and oxygen atoms in total. The van der Waals surface area contributed by atoms with Crippen LogP contribution in [0.1, 0.15) is 6.92 Å². The topological polar surface area (TPSA) is 45.6 Å². The van der Waals surface area contributed by atoms with E-state index in [0.717, 1.165) is 5.17 Å². The average Bonchev–Trinajstić information content (AvgIpc) is 2.77. The summed E-state index contributed by atoms with van der Waals surface area (Å²) in [6.45, 7) is 2.62. The predicted molar refractivity (Wildman–Crippen MR) is 59.1 cm³/mol. The Labute approximate surface area is 90.1 Å². The van der Waals surface area contributed by atoms with Crippen LogP contribution >= 0.6 is 23.1 Å². The SMILES string of the molecule is CCN1C(=O)CS/C1=N/c1nccs1. The molecule has 0 radical (unpaired) electrons. The summed E-state index contributed by atoms with van der Waals surface area (Å²) < 4.78 is 0. The normalized spacial score (nSPS) is 19.6. The van der Waals surface area contributed by atoms with Gasteiger partial charge in [-0.2, -0.15) is 4.99 Å². The lowest BCUT2D eigenvalue weighted by Crippen LogP contribution is -2.28. The monoisotopic (exact) mass is 227 g/mol. The van der Waals surface area contributed by atoms with Crippen molar-refractivity contribution >= 4 is 39.3 Å². The van der Waals surface area contributed by atoms with Gasteiger partial charge in [0.05, 0.1) is 5.75 Å². The molecule has 0 bridgehead atoms. The van der Waals surface area contributed by atoms with Gasteiger partial charge in [-0.15, -0.1) is 11.3 Å². The second-order valence-electron chi connectivity index (χ2n) is 2.64. The number of hydrogen-bond acceptors (Lipinski definition) is 5. The summed E-state index contributed by atoms with van der Waals surface area (Å²) >= 11 is 2.95. The van der Waals surface area contributed by atoms with Gasteiger partial charge in [-0.05, 0) is 6.92 Å². The minimum Gasteiger partial charge on any atom is -0.291 e. The number of aliphatic imine (C=N–C) groups is 1. The van der Waals surface area contributed by atoms with Gasteiger partial charge in [0.15, 0.2) is 5.17 Å². The largest absolute Gasteiger partial charge is 0.291 e. The molecule has 1 aromatic heterocycles. The highest BCUT2D eigenvalue weighted by Crippen LogP contribution is 2.24. The van der Waals surface area contributed by atoms with Gasteiger partial charge >= 0.3 is 0 Å². The maximum absolute atomic E-state index is 11.4. The first-order valence-corrected chi connectivity index (χ1v) is 6.09. The molecule has 0 aliphatic carbocycles. The Morgan fingerprint density at radius 1 is 1.71 bits per heavy atom. The molecule has 2 rings (SSSR count). The van der Waals surface area contributed by atoms with Crippen LogP contribution in [0.15, 0.2) is 16.6 Å². The molecule has 2 heterocycles. The second-order valence-corrected chi connectivity index (χ2v) is 4.45. The number of amides is 1. The molecule has 1 aromatic rings. The molecule has 1 aliphatic rings. The number of thiazole rings is 1. The van der Waals surface area contributed by atoms with Crippen molar-refractivity contribution in [3.63, 3.8) is 0 Å². The quantitative estimate of drug-likeness (QED) is 0.773. The second kappa shape index (κ2) is 4.10. The number of rotatable bonds is 2. The van der Waals surface area contributed by atoms with Crippen molar-refractivity contribution in [2.45, 2.75) is 6.92 Å². The van der Waals surface area contributed by atoms with Crippen molar-refractivity contribution in [2.75, 3.05) is 12.3 Å². The van der Waals surface area contributed by atoms with E-state index < -0.39 is 0 Å². The Hall–Kier alpha value is -0.880. The van der Waals surface area contributed by atoms with Gasteiger partial charge in [0, 0.05) is 18.1 Å². The maximum atomic E-state index is 11.4. The van der Waals surface area contributed by atoms with Crippen LogP contribution in [0.2, 0.25) is 0 Å². The average molecular weight is 227 g/mol. The highest BCUT2D eigenvalue weighted by Gasteiger charge is 2.26. The lowest BCUT2D eigenvalue weighted by molar-refractivity contribution is -0.123. The molecule has 0 saturated carbocycles. The summed E-state index contributed by atoms with van der Waals surface area (Å²) in [5, 5.41) is 3.35. The molecule has 1 fully saturated rings. The van der Waals surface area contributed by atoms with Crippen molar-refractivity contribution in [1.82, 2.24) is 9.88 Å². The molecule has 14 heavy (non-hydrogen) atoms. The van der Waals surface area contributed by atoms with E-state index in [1.54, 1.807) is 11.1 Å². The Bertz CT molecular complexity index is 361. The van der Waals surface area contributed by atoms with Gasteiger partial charge in [0.1, 0.15) is 0 Å². The molecule has 0 atom stereocenters. The van der Waals surface area contributed by atoms with Crippen LogP contribution < -0.4 is 0 Å². The Morgan fingerprint density at radius 3 is 3.21 bits per heavy atom. The maximum Gasteiger partial charge on any atom is 0.239 e. The van der Waals surface area contributed by atoms with Crippen LogP contribution in [-0.2, 0) is 4.79 Å². The number of carbonyl (C=O) groups excluding carboxylic acids is 1. The van der Waals surface area contributed by atoms with Gasteiger partial charge < -0.3 is 0 Å². The fourth-order valence-electron chi connectivity index (χ4n) is 1.15.